The molecule has 27 heavy (non-hydrogen) atoms. The van der Waals surface area contributed by atoms with Gasteiger partial charge in [0.15, 0.2) is 11.5 Å². The molecule has 1 saturated heterocycles. The standard InChI is InChI=1S/C20H22N2O3S.ClH/c23-20(14-5-4-8-21-13-14)22-16-11-17-18(25-10-9-24-17)12-19(16)26-15-6-2-1-3-7-15;/h1-3,6-7,11-12,14,21H,4-5,8-10,13H2,(H,22,23);1H. The fourth-order valence-electron chi connectivity index (χ4n) is 3.18. The number of benzene rings is 2. The van der Waals surface area contributed by atoms with Crippen molar-refractivity contribution in [2.24, 2.45) is 5.92 Å². The van der Waals surface area contributed by atoms with Gasteiger partial charge in [-0.05, 0) is 31.5 Å². The van der Waals surface area contributed by atoms with Crippen LogP contribution in [0.5, 0.6) is 11.5 Å². The lowest BCUT2D eigenvalue weighted by Crippen LogP contribution is -2.37. The molecule has 0 saturated carbocycles. The summed E-state index contributed by atoms with van der Waals surface area (Å²) in [7, 11) is 0. The Morgan fingerprint density at radius 2 is 1.85 bits per heavy atom. The molecular weight excluding hydrogens is 384 g/mol. The second kappa shape index (κ2) is 9.35. The monoisotopic (exact) mass is 406 g/mol. The lowest BCUT2D eigenvalue weighted by Gasteiger charge is -2.24. The number of rotatable bonds is 4. The van der Waals surface area contributed by atoms with Gasteiger partial charge in [0.2, 0.25) is 5.91 Å². The van der Waals surface area contributed by atoms with Crippen molar-refractivity contribution in [3.8, 4) is 11.5 Å². The van der Waals surface area contributed by atoms with Gasteiger partial charge in [0.05, 0.1) is 11.6 Å². The first kappa shape index (κ1) is 19.9. The molecule has 0 bridgehead atoms. The molecule has 0 radical (unpaired) electrons. The molecule has 1 atom stereocenters. The molecule has 1 fully saturated rings. The van der Waals surface area contributed by atoms with Gasteiger partial charge in [-0.1, -0.05) is 30.0 Å². The van der Waals surface area contributed by atoms with Crippen molar-refractivity contribution in [3.63, 3.8) is 0 Å². The van der Waals surface area contributed by atoms with Crippen LogP contribution in [0, 0.1) is 5.92 Å². The predicted octanol–water partition coefficient (Wildman–Crippen LogP) is 3.97. The van der Waals surface area contributed by atoms with Gasteiger partial charge in [-0.25, -0.2) is 0 Å². The maximum atomic E-state index is 12.7. The van der Waals surface area contributed by atoms with E-state index in [2.05, 4.69) is 22.8 Å². The van der Waals surface area contributed by atoms with E-state index in [1.54, 1.807) is 11.8 Å². The molecule has 5 nitrogen and oxygen atoms in total. The van der Waals surface area contributed by atoms with Crippen molar-refractivity contribution in [1.82, 2.24) is 5.32 Å². The van der Waals surface area contributed by atoms with Gasteiger partial charge in [-0.3, -0.25) is 4.79 Å². The first-order valence-corrected chi connectivity index (χ1v) is 9.79. The van der Waals surface area contributed by atoms with E-state index in [1.807, 2.05) is 30.3 Å². The molecule has 0 spiro atoms. The van der Waals surface area contributed by atoms with Crippen LogP contribution in [-0.4, -0.2) is 32.2 Å². The molecule has 7 heteroatoms. The van der Waals surface area contributed by atoms with E-state index in [9.17, 15) is 4.79 Å². The molecule has 2 aliphatic rings. The average Bonchev–Trinajstić information content (AvgIpc) is 2.70. The fourth-order valence-corrected chi connectivity index (χ4v) is 4.11. The minimum absolute atomic E-state index is 0. The normalized spacial score (nSPS) is 18.3. The van der Waals surface area contributed by atoms with Crippen LogP contribution in [0.3, 0.4) is 0 Å². The lowest BCUT2D eigenvalue weighted by molar-refractivity contribution is -0.120. The van der Waals surface area contributed by atoms with Crippen LogP contribution in [0.15, 0.2) is 52.3 Å². The number of carbonyl (C=O) groups is 1. The van der Waals surface area contributed by atoms with Crippen molar-refractivity contribution in [3.05, 3.63) is 42.5 Å². The molecule has 0 aliphatic carbocycles. The molecule has 2 aromatic carbocycles. The van der Waals surface area contributed by atoms with E-state index in [1.165, 1.54) is 0 Å². The highest BCUT2D eigenvalue weighted by atomic mass is 35.5. The van der Waals surface area contributed by atoms with Crippen LogP contribution < -0.4 is 20.1 Å². The smallest absolute Gasteiger partial charge is 0.228 e. The number of hydrogen-bond donors (Lipinski definition) is 2. The zero-order valence-corrected chi connectivity index (χ0v) is 16.5. The maximum Gasteiger partial charge on any atom is 0.228 e. The minimum Gasteiger partial charge on any atom is -0.486 e. The van der Waals surface area contributed by atoms with Crippen LogP contribution in [0.25, 0.3) is 0 Å². The minimum atomic E-state index is 0. The SMILES string of the molecule is Cl.O=C(Nc1cc2c(cc1Sc1ccccc1)OCCO2)C1CCCNC1. The summed E-state index contributed by atoms with van der Waals surface area (Å²) in [4.78, 5) is 14.8. The number of halogens is 1. The molecule has 2 N–H and O–H groups in total. The number of ether oxygens (including phenoxy) is 2. The first-order valence-electron chi connectivity index (χ1n) is 8.98. The quantitative estimate of drug-likeness (QED) is 0.804. The third-order valence-electron chi connectivity index (χ3n) is 4.54. The number of hydrogen-bond acceptors (Lipinski definition) is 5. The van der Waals surface area contributed by atoms with Crippen molar-refractivity contribution in [2.45, 2.75) is 22.6 Å². The Bertz CT molecular complexity index is 782. The summed E-state index contributed by atoms with van der Waals surface area (Å²) in [5.41, 5.74) is 0.777. The van der Waals surface area contributed by atoms with Crippen molar-refractivity contribution in [2.75, 3.05) is 31.6 Å². The highest BCUT2D eigenvalue weighted by molar-refractivity contribution is 7.99. The van der Waals surface area contributed by atoms with Crippen molar-refractivity contribution < 1.29 is 14.3 Å². The van der Waals surface area contributed by atoms with Crippen LogP contribution >= 0.6 is 24.2 Å². The second-order valence-electron chi connectivity index (χ2n) is 6.44. The predicted molar refractivity (Wildman–Crippen MR) is 109 cm³/mol. The molecule has 4 rings (SSSR count). The molecule has 1 amide bonds. The van der Waals surface area contributed by atoms with Gasteiger partial charge in [-0.15, -0.1) is 12.4 Å². The zero-order chi connectivity index (χ0) is 17.8. The summed E-state index contributed by atoms with van der Waals surface area (Å²) in [5, 5.41) is 6.41. The maximum absolute atomic E-state index is 12.7. The van der Waals surface area contributed by atoms with Gasteiger partial charge in [0, 0.05) is 28.5 Å². The molecule has 2 aromatic rings. The fraction of sp³-hybridized carbons (Fsp3) is 0.350. The first-order chi connectivity index (χ1) is 12.8. The van der Waals surface area contributed by atoms with Crippen LogP contribution in [0.1, 0.15) is 12.8 Å². The molecule has 2 heterocycles. The van der Waals surface area contributed by atoms with E-state index in [-0.39, 0.29) is 24.2 Å². The van der Waals surface area contributed by atoms with Crippen molar-refractivity contribution >= 4 is 35.8 Å². The number of fused-ring (bicyclic) bond motifs is 1. The Hall–Kier alpha value is -1.89. The molecule has 2 aliphatic heterocycles. The Balaban J connectivity index is 0.00000210. The third kappa shape index (κ3) is 4.89. The number of anilines is 1. The molecule has 0 aromatic heterocycles. The van der Waals surface area contributed by atoms with Gasteiger partial charge in [0.1, 0.15) is 13.2 Å². The number of amides is 1. The van der Waals surface area contributed by atoms with E-state index in [4.69, 9.17) is 9.47 Å². The highest BCUT2D eigenvalue weighted by Gasteiger charge is 2.23. The van der Waals surface area contributed by atoms with E-state index in [0.29, 0.717) is 19.0 Å². The van der Waals surface area contributed by atoms with Gasteiger partial charge < -0.3 is 20.1 Å². The third-order valence-corrected chi connectivity index (χ3v) is 5.61. The Morgan fingerprint density at radius 1 is 1.11 bits per heavy atom. The van der Waals surface area contributed by atoms with Crippen LogP contribution in [0.4, 0.5) is 5.69 Å². The second-order valence-corrected chi connectivity index (χ2v) is 7.56. The van der Waals surface area contributed by atoms with Gasteiger partial charge in [0.25, 0.3) is 0 Å². The summed E-state index contributed by atoms with van der Waals surface area (Å²) in [6.07, 6.45) is 1.95. The summed E-state index contributed by atoms with van der Waals surface area (Å²) < 4.78 is 11.4. The highest BCUT2D eigenvalue weighted by Crippen LogP contribution is 2.42. The van der Waals surface area contributed by atoms with E-state index >= 15 is 0 Å². The number of piperidine rings is 1. The summed E-state index contributed by atoms with van der Waals surface area (Å²) in [6, 6.07) is 14.0. The van der Waals surface area contributed by atoms with Gasteiger partial charge in [-0.2, -0.15) is 0 Å². The Kier molecular flexibility index (Phi) is 6.88. The number of nitrogens with one attached hydrogen (secondary N) is 2. The summed E-state index contributed by atoms with van der Waals surface area (Å²) >= 11 is 1.61. The zero-order valence-electron chi connectivity index (χ0n) is 14.9. The average molecular weight is 407 g/mol. The number of carbonyl (C=O) groups excluding carboxylic acids is 1. The van der Waals surface area contributed by atoms with Gasteiger partial charge >= 0.3 is 0 Å². The van der Waals surface area contributed by atoms with Crippen LogP contribution in [0.2, 0.25) is 0 Å². The molecule has 1 unspecified atom stereocenters. The van der Waals surface area contributed by atoms with E-state index in [0.717, 1.165) is 47.2 Å². The molecular formula is C20H23ClN2O3S. The van der Waals surface area contributed by atoms with E-state index < -0.39 is 0 Å². The largest absolute Gasteiger partial charge is 0.486 e. The molecule has 144 valence electrons. The topological polar surface area (TPSA) is 59.6 Å². The van der Waals surface area contributed by atoms with Crippen molar-refractivity contribution in [1.29, 1.82) is 0 Å². The van der Waals surface area contributed by atoms with Crippen LogP contribution in [-0.2, 0) is 4.79 Å². The Morgan fingerprint density at radius 3 is 2.56 bits per heavy atom. The lowest BCUT2D eigenvalue weighted by atomic mass is 9.99. The Labute approximate surface area is 169 Å². The summed E-state index contributed by atoms with van der Waals surface area (Å²) in [6.45, 7) is 2.79. The summed E-state index contributed by atoms with van der Waals surface area (Å²) in [5.74, 6) is 1.48.